The van der Waals surface area contributed by atoms with Crippen molar-refractivity contribution in [2.45, 2.75) is 63.3 Å². The number of benzene rings is 3. The lowest BCUT2D eigenvalue weighted by atomic mass is 9.97. The molecule has 8 heteroatoms. The minimum Gasteiger partial charge on any atom is -0.481 e. The molecule has 2 aliphatic rings. The van der Waals surface area contributed by atoms with Crippen LogP contribution in [0.4, 0.5) is 4.79 Å². The summed E-state index contributed by atoms with van der Waals surface area (Å²) in [6, 6.07) is 24.3. The normalized spacial score (nSPS) is 17.7. The summed E-state index contributed by atoms with van der Waals surface area (Å²) in [5.74, 6) is -1.43. The second kappa shape index (κ2) is 13.0. The molecule has 5 rings (SSSR count). The lowest BCUT2D eigenvalue weighted by molar-refractivity contribution is -0.145. The van der Waals surface area contributed by atoms with Gasteiger partial charge < -0.3 is 24.8 Å². The number of nitrogens with zero attached hydrogens (tertiary/aromatic N) is 1. The molecule has 3 aromatic carbocycles. The molecule has 3 aromatic rings. The van der Waals surface area contributed by atoms with Gasteiger partial charge in [-0.3, -0.25) is 9.59 Å². The summed E-state index contributed by atoms with van der Waals surface area (Å²) in [4.78, 5) is 40.2. The Hall–Kier alpha value is -4.17. The number of hydrogen-bond donors (Lipinski definition) is 2. The predicted molar refractivity (Wildman–Crippen MR) is 154 cm³/mol. The minimum atomic E-state index is -1.04. The van der Waals surface area contributed by atoms with Crippen molar-refractivity contribution in [3.63, 3.8) is 0 Å². The Balaban J connectivity index is 1.30. The number of likely N-dealkylation sites (tertiary alicyclic amines) is 1. The molecule has 1 saturated heterocycles. The summed E-state index contributed by atoms with van der Waals surface area (Å²) >= 11 is 0. The molecular formula is C33H36N2O6. The van der Waals surface area contributed by atoms with E-state index in [1.807, 2.05) is 66.7 Å². The molecule has 0 radical (unpaired) electrons. The summed E-state index contributed by atoms with van der Waals surface area (Å²) in [6.07, 6.45) is 0.700. The first kappa shape index (κ1) is 28.4. The van der Waals surface area contributed by atoms with Crippen LogP contribution in [0.25, 0.3) is 11.1 Å². The van der Waals surface area contributed by atoms with Crippen molar-refractivity contribution < 1.29 is 29.0 Å². The quantitative estimate of drug-likeness (QED) is 0.349. The highest BCUT2D eigenvalue weighted by atomic mass is 16.5. The Morgan fingerprint density at radius 3 is 2.22 bits per heavy atom. The summed E-state index contributed by atoms with van der Waals surface area (Å²) in [7, 11) is 0. The van der Waals surface area contributed by atoms with Gasteiger partial charge in [0, 0.05) is 18.5 Å². The lowest BCUT2D eigenvalue weighted by Crippen LogP contribution is -2.58. The van der Waals surface area contributed by atoms with Crippen molar-refractivity contribution in [1.29, 1.82) is 0 Å². The number of carbonyl (C=O) groups is 3. The van der Waals surface area contributed by atoms with Crippen molar-refractivity contribution >= 4 is 18.0 Å². The van der Waals surface area contributed by atoms with Crippen LogP contribution in [0.3, 0.4) is 0 Å². The number of hydrogen-bond acceptors (Lipinski definition) is 5. The minimum absolute atomic E-state index is 0.115. The van der Waals surface area contributed by atoms with E-state index < -0.39 is 30.3 Å². The number of carboxylic acids is 1. The number of nitrogens with one attached hydrogen (secondary N) is 1. The van der Waals surface area contributed by atoms with Gasteiger partial charge in [0.05, 0.1) is 19.1 Å². The van der Waals surface area contributed by atoms with E-state index >= 15 is 0 Å². The van der Waals surface area contributed by atoms with E-state index in [9.17, 15) is 19.5 Å². The molecule has 1 aliphatic carbocycles. The van der Waals surface area contributed by atoms with Crippen LogP contribution in [0.2, 0.25) is 0 Å². The molecule has 2 amide bonds. The maximum Gasteiger partial charge on any atom is 0.407 e. The highest BCUT2D eigenvalue weighted by molar-refractivity contribution is 5.87. The van der Waals surface area contributed by atoms with Crippen molar-refractivity contribution in [1.82, 2.24) is 10.2 Å². The number of piperidine rings is 1. The zero-order valence-corrected chi connectivity index (χ0v) is 23.2. The third-order valence-corrected chi connectivity index (χ3v) is 8.03. The van der Waals surface area contributed by atoms with Gasteiger partial charge in [0.15, 0.2) is 0 Å². The van der Waals surface area contributed by atoms with E-state index in [1.54, 1.807) is 11.8 Å². The second-order valence-electron chi connectivity index (χ2n) is 10.7. The number of carboxylic acid groups (broad SMARTS) is 1. The zero-order chi connectivity index (χ0) is 28.8. The van der Waals surface area contributed by atoms with E-state index in [1.165, 1.54) is 0 Å². The second-order valence-corrected chi connectivity index (χ2v) is 10.7. The number of ether oxygens (including phenoxy) is 2. The fraction of sp³-hybridized carbons (Fsp3) is 0.364. The standard InChI is InChI=1S/C33H36N2O6/c1-22(40-20-23-11-3-2-4-12-23)31(32(38)35-18-10-9-13-24(35)19-30(36)37)34-33(39)41-21-29-27-16-7-5-14-25(27)26-15-6-8-17-28(26)29/h2-8,11-12,14-17,22,24,29,31H,9-10,13,18-21H2,1H3,(H,34,39)(H,36,37)/t22-,24?,31+/m0/s1. The zero-order valence-electron chi connectivity index (χ0n) is 23.2. The van der Waals surface area contributed by atoms with Crippen LogP contribution in [-0.4, -0.2) is 59.3 Å². The molecule has 1 unspecified atom stereocenters. The van der Waals surface area contributed by atoms with Crippen molar-refractivity contribution in [2.24, 2.45) is 0 Å². The molecular weight excluding hydrogens is 520 g/mol. The maximum atomic E-state index is 13.8. The number of rotatable bonds is 10. The smallest absolute Gasteiger partial charge is 0.407 e. The number of amides is 2. The topological polar surface area (TPSA) is 105 Å². The Morgan fingerprint density at radius 1 is 0.927 bits per heavy atom. The van der Waals surface area contributed by atoms with Crippen LogP contribution in [0.1, 0.15) is 55.2 Å². The van der Waals surface area contributed by atoms with E-state index in [0.717, 1.165) is 40.7 Å². The van der Waals surface area contributed by atoms with Gasteiger partial charge in [-0.2, -0.15) is 0 Å². The lowest BCUT2D eigenvalue weighted by Gasteiger charge is -2.38. The van der Waals surface area contributed by atoms with Gasteiger partial charge in [-0.25, -0.2) is 4.79 Å². The van der Waals surface area contributed by atoms with Crippen LogP contribution in [0.5, 0.6) is 0 Å². The van der Waals surface area contributed by atoms with Crippen LogP contribution in [0, 0.1) is 0 Å². The van der Waals surface area contributed by atoms with E-state index in [4.69, 9.17) is 9.47 Å². The average molecular weight is 557 g/mol. The molecule has 0 aromatic heterocycles. The number of carbonyl (C=O) groups excluding carboxylic acids is 2. The van der Waals surface area contributed by atoms with Crippen LogP contribution >= 0.6 is 0 Å². The molecule has 0 bridgehead atoms. The Labute approximate surface area is 240 Å². The molecule has 8 nitrogen and oxygen atoms in total. The summed E-state index contributed by atoms with van der Waals surface area (Å²) in [5.41, 5.74) is 5.38. The summed E-state index contributed by atoms with van der Waals surface area (Å²) < 4.78 is 11.8. The number of fused-ring (bicyclic) bond motifs is 3. The molecule has 214 valence electrons. The Bertz CT molecular complexity index is 1330. The molecule has 0 saturated carbocycles. The first-order valence-electron chi connectivity index (χ1n) is 14.2. The number of alkyl carbamates (subject to hydrolysis) is 1. The highest BCUT2D eigenvalue weighted by Crippen LogP contribution is 2.44. The van der Waals surface area contributed by atoms with Gasteiger partial charge >= 0.3 is 12.1 Å². The Kier molecular flexibility index (Phi) is 8.99. The maximum absolute atomic E-state index is 13.8. The Morgan fingerprint density at radius 2 is 1.56 bits per heavy atom. The molecule has 41 heavy (non-hydrogen) atoms. The molecule has 3 atom stereocenters. The van der Waals surface area contributed by atoms with Gasteiger partial charge in [-0.05, 0) is 54.0 Å². The van der Waals surface area contributed by atoms with Gasteiger partial charge in [-0.15, -0.1) is 0 Å². The molecule has 2 N–H and O–H groups in total. The average Bonchev–Trinajstić information content (AvgIpc) is 3.31. The SMILES string of the molecule is C[C@H](OCc1ccccc1)[C@@H](NC(=O)OCC1c2ccccc2-c2ccccc21)C(=O)N1CCCCC1CC(=O)O. The third-order valence-electron chi connectivity index (χ3n) is 8.03. The van der Waals surface area contributed by atoms with Crippen LogP contribution in [-0.2, 0) is 25.7 Å². The van der Waals surface area contributed by atoms with E-state index in [0.29, 0.717) is 13.0 Å². The molecule has 1 fully saturated rings. The van der Waals surface area contributed by atoms with Crippen molar-refractivity contribution in [3.05, 3.63) is 95.6 Å². The summed E-state index contributed by atoms with van der Waals surface area (Å²) in [5, 5.41) is 12.2. The predicted octanol–water partition coefficient (Wildman–Crippen LogP) is 5.35. The number of aliphatic carboxylic acids is 1. The monoisotopic (exact) mass is 556 g/mol. The highest BCUT2D eigenvalue weighted by Gasteiger charge is 2.37. The summed E-state index contributed by atoms with van der Waals surface area (Å²) in [6.45, 7) is 2.55. The van der Waals surface area contributed by atoms with Crippen molar-refractivity contribution in [3.8, 4) is 11.1 Å². The third kappa shape index (κ3) is 6.60. The van der Waals surface area contributed by atoms with E-state index in [2.05, 4.69) is 17.4 Å². The molecule has 0 spiro atoms. The largest absolute Gasteiger partial charge is 0.481 e. The molecule has 1 aliphatic heterocycles. The van der Waals surface area contributed by atoms with Gasteiger partial charge in [0.2, 0.25) is 5.91 Å². The molecule has 1 heterocycles. The fourth-order valence-electron chi connectivity index (χ4n) is 5.93. The van der Waals surface area contributed by atoms with Crippen LogP contribution < -0.4 is 5.32 Å². The van der Waals surface area contributed by atoms with Crippen LogP contribution in [0.15, 0.2) is 78.9 Å². The first-order valence-corrected chi connectivity index (χ1v) is 14.2. The van der Waals surface area contributed by atoms with E-state index in [-0.39, 0.29) is 31.5 Å². The fourth-order valence-corrected chi connectivity index (χ4v) is 5.93. The van der Waals surface area contributed by atoms with Gasteiger partial charge in [0.25, 0.3) is 0 Å². The van der Waals surface area contributed by atoms with Gasteiger partial charge in [-0.1, -0.05) is 78.9 Å². The van der Waals surface area contributed by atoms with Gasteiger partial charge in [0.1, 0.15) is 12.6 Å². The first-order chi connectivity index (χ1) is 19.9. The van der Waals surface area contributed by atoms with Crippen molar-refractivity contribution in [2.75, 3.05) is 13.2 Å².